The van der Waals surface area contributed by atoms with Crippen LogP contribution in [0.1, 0.15) is 50.1 Å². The number of hydrogen-bond donors (Lipinski definition) is 1. The van der Waals surface area contributed by atoms with Gasteiger partial charge in [0.2, 0.25) is 11.8 Å². The normalized spacial score (nSPS) is 12.8. The Bertz CT molecular complexity index is 453. The molecule has 0 aliphatic heterocycles. The van der Waals surface area contributed by atoms with Crippen molar-refractivity contribution in [1.29, 1.82) is 0 Å². The number of aromatic nitrogens is 2. The van der Waals surface area contributed by atoms with E-state index in [0.717, 1.165) is 25.8 Å². The van der Waals surface area contributed by atoms with Gasteiger partial charge in [0.25, 0.3) is 0 Å². The quantitative estimate of drug-likeness (QED) is 0.835. The Morgan fingerprint density at radius 2 is 2.28 bits per heavy atom. The zero-order valence-corrected chi connectivity index (χ0v) is 11.7. The van der Waals surface area contributed by atoms with Gasteiger partial charge in [-0.05, 0) is 41.8 Å². The van der Waals surface area contributed by atoms with Crippen LogP contribution in [0.5, 0.6) is 0 Å². The van der Waals surface area contributed by atoms with Crippen molar-refractivity contribution in [3.05, 3.63) is 34.2 Å². The molecule has 98 valence electrons. The molecule has 4 nitrogen and oxygen atoms in total. The van der Waals surface area contributed by atoms with Gasteiger partial charge in [-0.3, -0.25) is 0 Å². The van der Waals surface area contributed by atoms with Crippen LogP contribution in [-0.4, -0.2) is 16.7 Å². The lowest BCUT2D eigenvalue weighted by molar-refractivity contribution is 0.376. The molecule has 2 aromatic rings. The summed E-state index contributed by atoms with van der Waals surface area (Å²) in [6, 6.07) is 2.26. The molecule has 5 heteroatoms. The van der Waals surface area contributed by atoms with Crippen molar-refractivity contribution < 1.29 is 4.42 Å². The average Bonchev–Trinajstić information content (AvgIpc) is 3.03. The Kier molecular flexibility index (Phi) is 4.90. The molecule has 0 aliphatic rings. The number of nitrogens with zero attached hydrogens (tertiary/aromatic N) is 2. The molecule has 18 heavy (non-hydrogen) atoms. The van der Waals surface area contributed by atoms with E-state index in [9.17, 15) is 0 Å². The van der Waals surface area contributed by atoms with E-state index < -0.39 is 0 Å². The third kappa shape index (κ3) is 3.40. The third-order valence-electron chi connectivity index (χ3n) is 2.77. The van der Waals surface area contributed by atoms with Crippen LogP contribution in [0, 0.1) is 0 Å². The maximum Gasteiger partial charge on any atom is 0.233 e. The molecule has 1 N–H and O–H groups in total. The summed E-state index contributed by atoms with van der Waals surface area (Å²) in [7, 11) is 0. The Morgan fingerprint density at radius 1 is 1.39 bits per heavy atom. The highest BCUT2D eigenvalue weighted by Crippen LogP contribution is 2.17. The molecule has 0 spiro atoms. The van der Waals surface area contributed by atoms with Gasteiger partial charge < -0.3 is 9.73 Å². The predicted octanol–water partition coefficient (Wildman–Crippen LogP) is 3.17. The van der Waals surface area contributed by atoms with E-state index in [-0.39, 0.29) is 6.04 Å². The van der Waals surface area contributed by atoms with E-state index in [4.69, 9.17) is 4.42 Å². The molecule has 0 amide bonds. The Morgan fingerprint density at radius 3 is 2.94 bits per heavy atom. The lowest BCUT2D eigenvalue weighted by Gasteiger charge is -2.11. The highest BCUT2D eigenvalue weighted by molar-refractivity contribution is 7.07. The van der Waals surface area contributed by atoms with E-state index >= 15 is 0 Å². The highest BCUT2D eigenvalue weighted by Gasteiger charge is 2.16. The van der Waals surface area contributed by atoms with Gasteiger partial charge in [-0.2, -0.15) is 11.3 Å². The molecular formula is C13H19N3OS. The molecule has 2 aromatic heterocycles. The molecule has 0 aliphatic carbocycles. The van der Waals surface area contributed by atoms with Gasteiger partial charge in [-0.25, -0.2) is 0 Å². The second-order valence-corrected chi connectivity index (χ2v) is 5.04. The minimum absolute atomic E-state index is 0.175. The second kappa shape index (κ2) is 6.66. The van der Waals surface area contributed by atoms with Crippen molar-refractivity contribution >= 4 is 11.3 Å². The van der Waals surface area contributed by atoms with E-state index in [1.165, 1.54) is 5.56 Å². The molecule has 2 rings (SSSR count). The molecule has 2 heterocycles. The van der Waals surface area contributed by atoms with E-state index in [1.807, 2.05) is 0 Å². The third-order valence-corrected chi connectivity index (χ3v) is 3.50. The summed E-state index contributed by atoms with van der Waals surface area (Å²) in [5.74, 6) is 1.40. The van der Waals surface area contributed by atoms with E-state index in [2.05, 4.69) is 46.2 Å². The minimum Gasteiger partial charge on any atom is -0.423 e. The molecule has 0 saturated carbocycles. The van der Waals surface area contributed by atoms with Crippen LogP contribution >= 0.6 is 11.3 Å². The molecule has 0 aromatic carbocycles. The van der Waals surface area contributed by atoms with Gasteiger partial charge in [0.05, 0.1) is 12.5 Å². The summed E-state index contributed by atoms with van der Waals surface area (Å²) < 4.78 is 5.73. The Hall–Kier alpha value is -1.20. The Labute approximate surface area is 111 Å². The SMILES string of the molecule is CCCNC(CC)c1nnc(Cc2ccsc2)o1. The fraction of sp³-hybridized carbons (Fsp3) is 0.538. The maximum absolute atomic E-state index is 5.73. The van der Waals surface area contributed by atoms with Crippen molar-refractivity contribution in [3.63, 3.8) is 0 Å². The topological polar surface area (TPSA) is 51.0 Å². The zero-order valence-electron chi connectivity index (χ0n) is 10.8. The molecule has 1 unspecified atom stereocenters. The van der Waals surface area contributed by atoms with Crippen molar-refractivity contribution in [2.24, 2.45) is 0 Å². The van der Waals surface area contributed by atoms with Gasteiger partial charge in [0.1, 0.15) is 0 Å². The first kappa shape index (κ1) is 13.2. The van der Waals surface area contributed by atoms with E-state index in [0.29, 0.717) is 11.8 Å². The van der Waals surface area contributed by atoms with Crippen molar-refractivity contribution in [3.8, 4) is 0 Å². The van der Waals surface area contributed by atoms with Gasteiger partial charge >= 0.3 is 0 Å². The maximum atomic E-state index is 5.73. The second-order valence-electron chi connectivity index (χ2n) is 4.26. The smallest absolute Gasteiger partial charge is 0.233 e. The summed E-state index contributed by atoms with van der Waals surface area (Å²) in [6.45, 7) is 5.24. The average molecular weight is 265 g/mol. The zero-order chi connectivity index (χ0) is 12.8. The van der Waals surface area contributed by atoms with Crippen LogP contribution in [-0.2, 0) is 6.42 Å². The van der Waals surface area contributed by atoms with Crippen LogP contribution in [0.3, 0.4) is 0 Å². The standard InChI is InChI=1S/C13H19N3OS/c1-3-6-14-11(4-2)13-16-15-12(17-13)8-10-5-7-18-9-10/h5,7,9,11,14H,3-4,6,8H2,1-2H3. The minimum atomic E-state index is 0.175. The molecule has 0 radical (unpaired) electrons. The number of rotatable bonds is 7. The fourth-order valence-electron chi connectivity index (χ4n) is 1.77. The highest BCUT2D eigenvalue weighted by atomic mass is 32.1. The summed E-state index contributed by atoms with van der Waals surface area (Å²) in [4.78, 5) is 0. The lowest BCUT2D eigenvalue weighted by Crippen LogP contribution is -2.21. The van der Waals surface area contributed by atoms with Gasteiger partial charge in [-0.15, -0.1) is 10.2 Å². The molecule has 0 fully saturated rings. The van der Waals surface area contributed by atoms with Gasteiger partial charge in [-0.1, -0.05) is 13.8 Å². The lowest BCUT2D eigenvalue weighted by atomic mass is 10.2. The van der Waals surface area contributed by atoms with Crippen LogP contribution in [0.25, 0.3) is 0 Å². The van der Waals surface area contributed by atoms with Crippen molar-refractivity contribution in [2.75, 3.05) is 6.54 Å². The van der Waals surface area contributed by atoms with Crippen LogP contribution in [0.2, 0.25) is 0 Å². The number of thiophene rings is 1. The fourth-order valence-corrected chi connectivity index (χ4v) is 2.44. The van der Waals surface area contributed by atoms with Crippen molar-refractivity contribution in [2.45, 2.75) is 39.2 Å². The first-order valence-electron chi connectivity index (χ1n) is 6.40. The number of nitrogens with one attached hydrogen (secondary N) is 1. The van der Waals surface area contributed by atoms with Crippen LogP contribution < -0.4 is 5.32 Å². The summed E-state index contributed by atoms with van der Waals surface area (Å²) >= 11 is 1.69. The predicted molar refractivity (Wildman–Crippen MR) is 72.7 cm³/mol. The van der Waals surface area contributed by atoms with Crippen molar-refractivity contribution in [1.82, 2.24) is 15.5 Å². The first-order chi connectivity index (χ1) is 8.83. The van der Waals surface area contributed by atoms with Gasteiger partial charge in [0, 0.05) is 0 Å². The Balaban J connectivity index is 1.99. The molecule has 0 saturated heterocycles. The summed E-state index contributed by atoms with van der Waals surface area (Å²) in [5, 5.41) is 15.8. The largest absolute Gasteiger partial charge is 0.423 e. The monoisotopic (exact) mass is 265 g/mol. The molecule has 0 bridgehead atoms. The van der Waals surface area contributed by atoms with Crippen LogP contribution in [0.4, 0.5) is 0 Å². The first-order valence-corrected chi connectivity index (χ1v) is 7.34. The van der Waals surface area contributed by atoms with E-state index in [1.54, 1.807) is 11.3 Å². The molecular weight excluding hydrogens is 246 g/mol. The summed E-state index contributed by atoms with van der Waals surface area (Å²) in [5.41, 5.74) is 1.23. The van der Waals surface area contributed by atoms with Crippen LogP contribution in [0.15, 0.2) is 21.2 Å². The van der Waals surface area contributed by atoms with Gasteiger partial charge in [0.15, 0.2) is 0 Å². The molecule has 1 atom stereocenters. The summed E-state index contributed by atoms with van der Waals surface area (Å²) in [6.07, 6.45) is 2.78. The number of hydrogen-bond acceptors (Lipinski definition) is 5.